The normalized spacial score (nSPS) is 11.9. The number of nitrogens with one attached hydrogen (secondary N) is 2. The third-order valence-corrected chi connectivity index (χ3v) is 3.60. The van der Waals surface area contributed by atoms with Crippen LogP contribution in [0.4, 0.5) is 10.5 Å². The van der Waals surface area contributed by atoms with Gasteiger partial charge in [-0.05, 0) is 24.6 Å². The van der Waals surface area contributed by atoms with Crippen LogP contribution < -0.4 is 10.6 Å². The fourth-order valence-electron chi connectivity index (χ4n) is 1.68. The van der Waals surface area contributed by atoms with Gasteiger partial charge in [-0.1, -0.05) is 12.1 Å². The minimum Gasteiger partial charge on any atom is -0.389 e. The van der Waals surface area contributed by atoms with E-state index in [0.29, 0.717) is 12.2 Å². The van der Waals surface area contributed by atoms with Gasteiger partial charge in [0.15, 0.2) is 0 Å². The SMILES string of the molecule is CC(O)c1ccc(NC(=O)NCCc2nccs2)cc1. The standard InChI is InChI=1S/C14H17N3O2S/c1-10(18)11-2-4-12(5-3-11)17-14(19)16-7-6-13-15-8-9-20-13/h2-5,8-10,18H,6-7H2,1H3,(H2,16,17,19). The predicted octanol–water partition coefficient (Wildman–Crippen LogP) is 2.56. The van der Waals surface area contributed by atoms with Gasteiger partial charge in [0.1, 0.15) is 0 Å². The maximum atomic E-state index is 11.7. The first-order chi connectivity index (χ1) is 9.65. The molecule has 1 atom stereocenters. The molecule has 0 spiro atoms. The van der Waals surface area contributed by atoms with E-state index >= 15 is 0 Å². The number of aliphatic hydroxyl groups is 1. The molecule has 0 aliphatic heterocycles. The molecular weight excluding hydrogens is 274 g/mol. The average Bonchev–Trinajstić information content (AvgIpc) is 2.92. The summed E-state index contributed by atoms with van der Waals surface area (Å²) < 4.78 is 0. The minimum atomic E-state index is -0.504. The molecule has 2 rings (SSSR count). The molecule has 3 N–H and O–H groups in total. The van der Waals surface area contributed by atoms with Crippen LogP contribution in [0.5, 0.6) is 0 Å². The number of benzene rings is 1. The molecule has 106 valence electrons. The zero-order valence-electron chi connectivity index (χ0n) is 11.2. The molecule has 1 unspecified atom stereocenters. The molecule has 6 heteroatoms. The first-order valence-corrected chi connectivity index (χ1v) is 7.24. The lowest BCUT2D eigenvalue weighted by Gasteiger charge is -2.09. The van der Waals surface area contributed by atoms with Crippen LogP contribution in [0.25, 0.3) is 0 Å². The molecule has 0 saturated heterocycles. The Morgan fingerprint density at radius 1 is 1.40 bits per heavy atom. The van der Waals surface area contributed by atoms with Crippen molar-refractivity contribution in [3.8, 4) is 0 Å². The van der Waals surface area contributed by atoms with E-state index in [1.165, 1.54) is 0 Å². The quantitative estimate of drug-likeness (QED) is 0.792. The minimum absolute atomic E-state index is 0.244. The summed E-state index contributed by atoms with van der Waals surface area (Å²) >= 11 is 1.58. The number of hydrogen-bond acceptors (Lipinski definition) is 4. The van der Waals surface area contributed by atoms with Crippen molar-refractivity contribution in [2.75, 3.05) is 11.9 Å². The van der Waals surface area contributed by atoms with Crippen molar-refractivity contribution in [2.45, 2.75) is 19.4 Å². The topological polar surface area (TPSA) is 74.2 Å². The van der Waals surface area contributed by atoms with Gasteiger partial charge in [0.2, 0.25) is 0 Å². The maximum absolute atomic E-state index is 11.7. The Balaban J connectivity index is 1.76. The van der Waals surface area contributed by atoms with E-state index < -0.39 is 6.10 Å². The van der Waals surface area contributed by atoms with Crippen LogP contribution >= 0.6 is 11.3 Å². The van der Waals surface area contributed by atoms with E-state index in [9.17, 15) is 9.90 Å². The van der Waals surface area contributed by atoms with Crippen molar-refractivity contribution in [1.29, 1.82) is 0 Å². The monoisotopic (exact) mass is 291 g/mol. The average molecular weight is 291 g/mol. The molecule has 0 radical (unpaired) electrons. The van der Waals surface area contributed by atoms with E-state index in [0.717, 1.165) is 17.0 Å². The summed E-state index contributed by atoms with van der Waals surface area (Å²) in [6.07, 6.45) is 1.98. The summed E-state index contributed by atoms with van der Waals surface area (Å²) in [5.41, 5.74) is 1.51. The molecule has 0 aliphatic carbocycles. The maximum Gasteiger partial charge on any atom is 0.319 e. The van der Waals surface area contributed by atoms with E-state index in [1.807, 2.05) is 5.38 Å². The van der Waals surface area contributed by atoms with E-state index in [4.69, 9.17) is 0 Å². The van der Waals surface area contributed by atoms with E-state index in [1.54, 1.807) is 48.7 Å². The fourth-order valence-corrected chi connectivity index (χ4v) is 2.30. The highest BCUT2D eigenvalue weighted by Crippen LogP contribution is 2.15. The molecule has 1 aromatic carbocycles. The largest absolute Gasteiger partial charge is 0.389 e. The Bertz CT molecular complexity index is 538. The van der Waals surface area contributed by atoms with Gasteiger partial charge in [-0.3, -0.25) is 0 Å². The molecule has 5 nitrogen and oxygen atoms in total. The van der Waals surface area contributed by atoms with Gasteiger partial charge in [-0.2, -0.15) is 0 Å². The van der Waals surface area contributed by atoms with Crippen molar-refractivity contribution in [3.63, 3.8) is 0 Å². The second kappa shape index (κ2) is 7.02. The summed E-state index contributed by atoms with van der Waals surface area (Å²) in [5.74, 6) is 0. The van der Waals surface area contributed by atoms with Crippen molar-refractivity contribution in [1.82, 2.24) is 10.3 Å². The Morgan fingerprint density at radius 2 is 2.15 bits per heavy atom. The van der Waals surface area contributed by atoms with Gasteiger partial charge < -0.3 is 15.7 Å². The molecule has 2 amide bonds. The Morgan fingerprint density at radius 3 is 2.75 bits per heavy atom. The molecule has 0 fully saturated rings. The second-order valence-corrected chi connectivity index (χ2v) is 5.33. The first kappa shape index (κ1) is 14.5. The van der Waals surface area contributed by atoms with Gasteiger partial charge >= 0.3 is 6.03 Å². The number of rotatable bonds is 5. The van der Waals surface area contributed by atoms with E-state index in [-0.39, 0.29) is 6.03 Å². The lowest BCUT2D eigenvalue weighted by atomic mass is 10.1. The Labute approximate surface area is 121 Å². The molecule has 2 aromatic rings. The number of urea groups is 1. The number of hydrogen-bond donors (Lipinski definition) is 3. The summed E-state index contributed by atoms with van der Waals surface area (Å²) in [4.78, 5) is 15.8. The Kier molecular flexibility index (Phi) is 5.09. The van der Waals surface area contributed by atoms with Crippen molar-refractivity contribution in [3.05, 3.63) is 46.4 Å². The fraction of sp³-hybridized carbons (Fsp3) is 0.286. The van der Waals surface area contributed by atoms with Gasteiger partial charge in [0.25, 0.3) is 0 Å². The lowest BCUT2D eigenvalue weighted by Crippen LogP contribution is -2.30. The summed E-state index contributed by atoms with van der Waals surface area (Å²) in [5, 5.41) is 17.8. The zero-order valence-corrected chi connectivity index (χ0v) is 12.0. The van der Waals surface area contributed by atoms with Gasteiger partial charge in [0, 0.05) is 30.2 Å². The van der Waals surface area contributed by atoms with Crippen LogP contribution in [0, 0.1) is 0 Å². The third kappa shape index (κ3) is 4.32. The number of carbonyl (C=O) groups is 1. The first-order valence-electron chi connectivity index (χ1n) is 6.36. The summed E-state index contributed by atoms with van der Waals surface area (Å²) in [7, 11) is 0. The number of thiazole rings is 1. The number of amides is 2. The van der Waals surface area contributed by atoms with E-state index in [2.05, 4.69) is 15.6 Å². The summed E-state index contributed by atoms with van der Waals surface area (Å²) in [6, 6.07) is 6.86. The number of aliphatic hydroxyl groups excluding tert-OH is 1. The number of carbonyl (C=O) groups excluding carboxylic acids is 1. The zero-order chi connectivity index (χ0) is 14.4. The van der Waals surface area contributed by atoms with Gasteiger partial charge in [0.05, 0.1) is 11.1 Å². The van der Waals surface area contributed by atoms with Crippen LogP contribution in [0.15, 0.2) is 35.8 Å². The van der Waals surface area contributed by atoms with Gasteiger partial charge in [-0.15, -0.1) is 11.3 Å². The smallest absolute Gasteiger partial charge is 0.319 e. The number of aromatic nitrogens is 1. The van der Waals surface area contributed by atoms with Crippen LogP contribution in [0.1, 0.15) is 23.6 Å². The second-order valence-electron chi connectivity index (χ2n) is 4.35. The predicted molar refractivity (Wildman–Crippen MR) is 79.9 cm³/mol. The Hall–Kier alpha value is -1.92. The van der Waals surface area contributed by atoms with Crippen LogP contribution in [-0.4, -0.2) is 22.7 Å². The molecule has 20 heavy (non-hydrogen) atoms. The van der Waals surface area contributed by atoms with Crippen LogP contribution in [0.2, 0.25) is 0 Å². The molecule has 1 aromatic heterocycles. The van der Waals surface area contributed by atoms with Crippen molar-refractivity contribution >= 4 is 23.1 Å². The third-order valence-electron chi connectivity index (χ3n) is 2.76. The highest BCUT2D eigenvalue weighted by atomic mass is 32.1. The highest BCUT2D eigenvalue weighted by molar-refractivity contribution is 7.09. The molecule has 1 heterocycles. The van der Waals surface area contributed by atoms with Crippen molar-refractivity contribution < 1.29 is 9.90 Å². The van der Waals surface area contributed by atoms with Gasteiger partial charge in [-0.25, -0.2) is 9.78 Å². The molecule has 0 aliphatic rings. The molecular formula is C14H17N3O2S. The van der Waals surface area contributed by atoms with Crippen molar-refractivity contribution in [2.24, 2.45) is 0 Å². The molecule has 0 saturated carbocycles. The molecule has 0 bridgehead atoms. The summed E-state index contributed by atoms with van der Waals surface area (Å²) in [6.45, 7) is 2.25. The highest BCUT2D eigenvalue weighted by Gasteiger charge is 2.04. The lowest BCUT2D eigenvalue weighted by molar-refractivity contribution is 0.199. The number of nitrogens with zero attached hydrogens (tertiary/aromatic N) is 1. The van der Waals surface area contributed by atoms with Crippen LogP contribution in [-0.2, 0) is 6.42 Å². The van der Waals surface area contributed by atoms with Crippen LogP contribution in [0.3, 0.4) is 0 Å². The number of anilines is 1.